The van der Waals surface area contributed by atoms with Gasteiger partial charge in [0, 0.05) is 6.42 Å². The van der Waals surface area contributed by atoms with Crippen LogP contribution in [0, 0.1) is 23.7 Å². The standard InChI is InChI=1S/C13H26N2/c1-8-9(2)11(10(8)3)7-12(14)15-13(4,5)6/h8-11H,7H2,1-6H3,(H2,14,15). The molecule has 2 atom stereocenters. The first kappa shape index (κ1) is 12.5. The SMILES string of the molecule is CC1C(C)C(CC(N)=NC(C)(C)C)C1C. The monoisotopic (exact) mass is 210 g/mol. The van der Waals surface area contributed by atoms with Gasteiger partial charge in [-0.1, -0.05) is 20.8 Å². The Balaban J connectivity index is 2.53. The summed E-state index contributed by atoms with van der Waals surface area (Å²) >= 11 is 0. The predicted molar refractivity (Wildman–Crippen MR) is 67.0 cm³/mol. The molecule has 1 aliphatic carbocycles. The molecule has 1 fully saturated rings. The summed E-state index contributed by atoms with van der Waals surface area (Å²) in [4.78, 5) is 4.52. The number of nitrogens with zero attached hydrogens (tertiary/aromatic N) is 1. The van der Waals surface area contributed by atoms with Crippen molar-refractivity contribution in [1.82, 2.24) is 0 Å². The molecule has 2 N–H and O–H groups in total. The Bertz CT molecular complexity index is 240. The molecule has 0 amide bonds. The van der Waals surface area contributed by atoms with Crippen LogP contribution in [0.15, 0.2) is 4.99 Å². The Kier molecular flexibility index (Phi) is 3.47. The van der Waals surface area contributed by atoms with Gasteiger partial charge >= 0.3 is 0 Å². The molecule has 1 aliphatic rings. The summed E-state index contributed by atoms with van der Waals surface area (Å²) in [6.45, 7) is 13.3. The molecule has 0 bridgehead atoms. The molecular formula is C13H26N2. The highest BCUT2D eigenvalue weighted by Gasteiger charge is 2.41. The van der Waals surface area contributed by atoms with Crippen molar-refractivity contribution in [2.45, 2.75) is 53.5 Å². The van der Waals surface area contributed by atoms with Crippen LogP contribution in [0.25, 0.3) is 0 Å². The van der Waals surface area contributed by atoms with Crippen LogP contribution in [-0.4, -0.2) is 11.4 Å². The lowest BCUT2D eigenvalue weighted by molar-refractivity contribution is 0.0211. The second-order valence-electron chi connectivity index (χ2n) is 6.22. The molecule has 88 valence electrons. The maximum Gasteiger partial charge on any atom is 0.0946 e. The first-order valence-corrected chi connectivity index (χ1v) is 6.06. The molecule has 0 radical (unpaired) electrons. The lowest BCUT2D eigenvalue weighted by Crippen LogP contribution is -2.44. The summed E-state index contributed by atoms with van der Waals surface area (Å²) in [5.41, 5.74) is 5.95. The minimum absolute atomic E-state index is 0.0358. The number of aliphatic imine (C=N–C) groups is 1. The Hall–Kier alpha value is -0.530. The lowest BCUT2D eigenvalue weighted by Gasteiger charge is -2.48. The highest BCUT2D eigenvalue weighted by molar-refractivity contribution is 5.81. The zero-order valence-corrected chi connectivity index (χ0v) is 11.0. The molecule has 2 nitrogen and oxygen atoms in total. The molecule has 0 heterocycles. The van der Waals surface area contributed by atoms with Crippen molar-refractivity contribution in [3.63, 3.8) is 0 Å². The first-order chi connectivity index (χ1) is 6.72. The number of nitrogens with two attached hydrogens (primary N) is 1. The maximum absolute atomic E-state index is 5.99. The molecule has 0 aromatic heterocycles. The molecular weight excluding hydrogens is 184 g/mol. The maximum atomic E-state index is 5.99. The minimum atomic E-state index is -0.0358. The van der Waals surface area contributed by atoms with Gasteiger partial charge in [0.2, 0.25) is 0 Å². The molecule has 15 heavy (non-hydrogen) atoms. The molecule has 1 saturated carbocycles. The third-order valence-corrected chi connectivity index (χ3v) is 3.93. The summed E-state index contributed by atoms with van der Waals surface area (Å²) in [5, 5.41) is 0. The van der Waals surface area contributed by atoms with Gasteiger partial charge in [0.05, 0.1) is 11.4 Å². The van der Waals surface area contributed by atoms with Crippen molar-refractivity contribution in [1.29, 1.82) is 0 Å². The first-order valence-electron chi connectivity index (χ1n) is 6.06. The van der Waals surface area contributed by atoms with Crippen molar-refractivity contribution in [3.05, 3.63) is 0 Å². The van der Waals surface area contributed by atoms with Crippen LogP contribution in [0.3, 0.4) is 0 Å². The highest BCUT2D eigenvalue weighted by Crippen LogP contribution is 2.47. The van der Waals surface area contributed by atoms with Gasteiger partial charge < -0.3 is 5.73 Å². The molecule has 2 heteroatoms. The third-order valence-electron chi connectivity index (χ3n) is 3.93. The smallest absolute Gasteiger partial charge is 0.0946 e. The van der Waals surface area contributed by atoms with Crippen molar-refractivity contribution < 1.29 is 0 Å². The Morgan fingerprint density at radius 1 is 1.07 bits per heavy atom. The second-order valence-corrected chi connectivity index (χ2v) is 6.22. The van der Waals surface area contributed by atoms with E-state index in [4.69, 9.17) is 5.73 Å². The van der Waals surface area contributed by atoms with Crippen LogP contribution in [0.1, 0.15) is 48.0 Å². The van der Waals surface area contributed by atoms with Gasteiger partial charge in [-0.15, -0.1) is 0 Å². The van der Waals surface area contributed by atoms with Gasteiger partial charge in [0.25, 0.3) is 0 Å². The van der Waals surface area contributed by atoms with Crippen molar-refractivity contribution >= 4 is 5.84 Å². The zero-order chi connectivity index (χ0) is 11.8. The highest BCUT2D eigenvalue weighted by atomic mass is 14.9. The lowest BCUT2D eigenvalue weighted by atomic mass is 9.58. The van der Waals surface area contributed by atoms with Gasteiger partial charge in [-0.3, -0.25) is 4.99 Å². The molecule has 0 aromatic rings. The van der Waals surface area contributed by atoms with Crippen LogP contribution >= 0.6 is 0 Å². The van der Waals surface area contributed by atoms with E-state index in [0.717, 1.165) is 35.9 Å². The average Bonchev–Trinajstić information content (AvgIpc) is 2.09. The van der Waals surface area contributed by atoms with Gasteiger partial charge in [-0.2, -0.15) is 0 Å². The van der Waals surface area contributed by atoms with E-state index in [9.17, 15) is 0 Å². The van der Waals surface area contributed by atoms with Crippen LogP contribution < -0.4 is 5.73 Å². The van der Waals surface area contributed by atoms with E-state index in [1.54, 1.807) is 0 Å². The van der Waals surface area contributed by atoms with Crippen LogP contribution in [-0.2, 0) is 0 Å². The summed E-state index contributed by atoms with van der Waals surface area (Å²) in [5.74, 6) is 4.02. The number of rotatable bonds is 2. The zero-order valence-electron chi connectivity index (χ0n) is 11.0. The largest absolute Gasteiger partial charge is 0.387 e. The molecule has 0 aromatic carbocycles. The molecule has 0 spiro atoms. The topological polar surface area (TPSA) is 38.4 Å². The molecule has 0 saturated heterocycles. The van der Waals surface area contributed by atoms with Crippen LogP contribution in [0.2, 0.25) is 0 Å². The van der Waals surface area contributed by atoms with E-state index in [1.807, 2.05) is 0 Å². The summed E-state index contributed by atoms with van der Waals surface area (Å²) in [6.07, 6.45) is 0.976. The van der Waals surface area contributed by atoms with E-state index in [2.05, 4.69) is 46.5 Å². The minimum Gasteiger partial charge on any atom is -0.387 e. The van der Waals surface area contributed by atoms with E-state index in [-0.39, 0.29) is 5.54 Å². The third kappa shape index (κ3) is 2.96. The van der Waals surface area contributed by atoms with Gasteiger partial charge in [0.1, 0.15) is 0 Å². The van der Waals surface area contributed by atoms with E-state index in [0.29, 0.717) is 0 Å². The second kappa shape index (κ2) is 4.15. The average molecular weight is 210 g/mol. The van der Waals surface area contributed by atoms with Crippen molar-refractivity contribution in [2.24, 2.45) is 34.4 Å². The summed E-state index contributed by atoms with van der Waals surface area (Å²) in [7, 11) is 0. The fraction of sp³-hybridized carbons (Fsp3) is 0.923. The summed E-state index contributed by atoms with van der Waals surface area (Å²) in [6, 6.07) is 0. The summed E-state index contributed by atoms with van der Waals surface area (Å²) < 4.78 is 0. The fourth-order valence-corrected chi connectivity index (χ4v) is 2.68. The van der Waals surface area contributed by atoms with E-state index < -0.39 is 0 Å². The van der Waals surface area contributed by atoms with Gasteiger partial charge in [-0.05, 0) is 44.4 Å². The van der Waals surface area contributed by atoms with Crippen molar-refractivity contribution in [3.8, 4) is 0 Å². The van der Waals surface area contributed by atoms with Gasteiger partial charge in [0.15, 0.2) is 0 Å². The Morgan fingerprint density at radius 2 is 1.53 bits per heavy atom. The van der Waals surface area contributed by atoms with Crippen molar-refractivity contribution in [2.75, 3.05) is 0 Å². The Morgan fingerprint density at radius 3 is 1.93 bits per heavy atom. The number of hydrogen-bond donors (Lipinski definition) is 1. The number of hydrogen-bond acceptors (Lipinski definition) is 1. The van der Waals surface area contributed by atoms with E-state index >= 15 is 0 Å². The molecule has 2 unspecified atom stereocenters. The number of amidine groups is 1. The molecule has 1 rings (SSSR count). The van der Waals surface area contributed by atoms with Crippen LogP contribution in [0.5, 0.6) is 0 Å². The quantitative estimate of drug-likeness (QED) is 0.552. The normalized spacial score (nSPS) is 37.6. The fourth-order valence-electron chi connectivity index (χ4n) is 2.68. The van der Waals surface area contributed by atoms with Gasteiger partial charge in [-0.25, -0.2) is 0 Å². The Labute approximate surface area is 94.3 Å². The molecule has 0 aliphatic heterocycles. The van der Waals surface area contributed by atoms with E-state index in [1.165, 1.54) is 0 Å². The van der Waals surface area contributed by atoms with Crippen LogP contribution in [0.4, 0.5) is 0 Å². The predicted octanol–water partition coefficient (Wildman–Crippen LogP) is 3.07.